The van der Waals surface area contributed by atoms with E-state index in [4.69, 9.17) is 25.8 Å². The molecule has 0 aliphatic carbocycles. The summed E-state index contributed by atoms with van der Waals surface area (Å²) >= 11 is 6.40. The summed E-state index contributed by atoms with van der Waals surface area (Å²) in [6.45, 7) is 5.67. The number of methoxy groups -OCH3 is 3. The predicted octanol–water partition coefficient (Wildman–Crippen LogP) is 6.28. The van der Waals surface area contributed by atoms with Gasteiger partial charge in [0.05, 0.1) is 31.9 Å². The van der Waals surface area contributed by atoms with Gasteiger partial charge in [0.2, 0.25) is 11.8 Å². The third-order valence-corrected chi connectivity index (χ3v) is 10.0. The maximum atomic E-state index is 14.8. The van der Waals surface area contributed by atoms with Crippen molar-refractivity contribution in [2.75, 3.05) is 38.7 Å². The maximum Gasteiger partial charge on any atom is 0.265 e. The predicted molar refractivity (Wildman–Crippen MR) is 196 cm³/mol. The van der Waals surface area contributed by atoms with E-state index in [1.807, 2.05) is 75.4 Å². The van der Waals surface area contributed by atoms with Gasteiger partial charge in [0.15, 0.2) is 11.5 Å². The van der Waals surface area contributed by atoms with Gasteiger partial charge in [0.1, 0.15) is 18.3 Å². The van der Waals surface area contributed by atoms with Crippen LogP contribution >= 0.6 is 11.6 Å². The van der Waals surface area contributed by atoms with Crippen molar-refractivity contribution in [2.24, 2.45) is 5.92 Å². The van der Waals surface area contributed by atoms with E-state index in [9.17, 15) is 18.0 Å². The summed E-state index contributed by atoms with van der Waals surface area (Å²) in [6, 6.07) is 24.7. The zero-order valence-electron chi connectivity index (χ0n) is 29.2. The van der Waals surface area contributed by atoms with Gasteiger partial charge in [-0.15, -0.1) is 0 Å². The molecule has 0 aliphatic heterocycles. The van der Waals surface area contributed by atoms with Crippen LogP contribution in [-0.2, 0) is 32.6 Å². The van der Waals surface area contributed by atoms with E-state index in [0.29, 0.717) is 12.3 Å². The highest BCUT2D eigenvalue weighted by atomic mass is 35.5. The summed E-state index contributed by atoms with van der Waals surface area (Å²) in [5.74, 6) is -0.114. The lowest BCUT2D eigenvalue weighted by Gasteiger charge is -2.34. The number of aryl methyl sites for hydroxylation is 1. The first kappa shape index (κ1) is 38.1. The van der Waals surface area contributed by atoms with Gasteiger partial charge in [-0.2, -0.15) is 0 Å². The molecular weight excluding hydrogens is 678 g/mol. The van der Waals surface area contributed by atoms with Crippen LogP contribution in [0.15, 0.2) is 95.9 Å². The van der Waals surface area contributed by atoms with E-state index in [0.717, 1.165) is 21.0 Å². The number of halogens is 1. The van der Waals surface area contributed by atoms with E-state index in [1.54, 1.807) is 6.07 Å². The van der Waals surface area contributed by atoms with Crippen LogP contribution in [0.4, 0.5) is 5.69 Å². The van der Waals surface area contributed by atoms with Gasteiger partial charge in [0, 0.05) is 30.6 Å². The fourth-order valence-electron chi connectivity index (χ4n) is 5.46. The van der Waals surface area contributed by atoms with Crippen molar-refractivity contribution in [3.8, 4) is 17.2 Å². The zero-order valence-corrected chi connectivity index (χ0v) is 30.8. The second-order valence-corrected chi connectivity index (χ2v) is 14.5. The molecule has 12 heteroatoms. The molecule has 4 aromatic carbocycles. The van der Waals surface area contributed by atoms with Gasteiger partial charge in [-0.25, -0.2) is 8.42 Å². The van der Waals surface area contributed by atoms with Crippen LogP contribution in [0.5, 0.6) is 17.2 Å². The first-order chi connectivity index (χ1) is 23.9. The summed E-state index contributed by atoms with van der Waals surface area (Å²) in [4.78, 5) is 30.1. The number of rotatable bonds is 16. The van der Waals surface area contributed by atoms with Crippen LogP contribution in [0.3, 0.4) is 0 Å². The molecule has 0 unspecified atom stereocenters. The Morgan fingerprint density at radius 1 is 0.800 bits per heavy atom. The average Bonchev–Trinajstić information content (AvgIpc) is 3.10. The van der Waals surface area contributed by atoms with Crippen molar-refractivity contribution in [3.05, 3.63) is 113 Å². The van der Waals surface area contributed by atoms with E-state index in [-0.39, 0.29) is 51.9 Å². The minimum Gasteiger partial charge on any atom is -0.495 e. The number of carbonyl (C=O) groups excluding carboxylic acids is 2. The van der Waals surface area contributed by atoms with Crippen LogP contribution in [-0.4, -0.2) is 65.6 Å². The molecule has 0 fully saturated rings. The Kier molecular flexibility index (Phi) is 13.1. The Bertz CT molecular complexity index is 1890. The van der Waals surface area contributed by atoms with Gasteiger partial charge < -0.3 is 24.4 Å². The number of sulfonamides is 1. The standard InChI is InChI=1S/C38H44ClN3O7S/c1-26(2)23-40-38(44)33(20-28-12-8-7-9-13-28)41(24-29-14-10-11-27(3)19-29)37(43)25-42(32-21-30(39)15-17-34(32)47-4)50(45,46)31-16-18-35(48-5)36(22-31)49-6/h7-19,21-22,26,33H,20,23-25H2,1-6H3,(H,40,44)/t33-/m0/s1. The number of ether oxygens (including phenoxy) is 3. The minimum absolute atomic E-state index is 0.0440. The third kappa shape index (κ3) is 9.48. The van der Waals surface area contributed by atoms with Gasteiger partial charge in [-0.3, -0.25) is 13.9 Å². The largest absolute Gasteiger partial charge is 0.495 e. The van der Waals surface area contributed by atoms with Crippen LogP contribution in [0, 0.1) is 12.8 Å². The van der Waals surface area contributed by atoms with Crippen molar-refractivity contribution in [3.63, 3.8) is 0 Å². The molecule has 266 valence electrons. The molecule has 4 aromatic rings. The Morgan fingerprint density at radius 3 is 2.10 bits per heavy atom. The molecule has 1 atom stereocenters. The summed E-state index contributed by atoms with van der Waals surface area (Å²) in [7, 11) is -0.244. The zero-order chi connectivity index (χ0) is 36.4. The highest BCUT2D eigenvalue weighted by molar-refractivity contribution is 7.92. The van der Waals surface area contributed by atoms with Crippen molar-refractivity contribution in [2.45, 2.75) is 44.7 Å². The number of hydrogen-bond donors (Lipinski definition) is 1. The number of amides is 2. The van der Waals surface area contributed by atoms with Crippen molar-refractivity contribution < 1.29 is 32.2 Å². The lowest BCUT2D eigenvalue weighted by atomic mass is 10.0. The molecule has 0 radical (unpaired) electrons. The quantitative estimate of drug-likeness (QED) is 0.145. The van der Waals surface area contributed by atoms with E-state index < -0.39 is 28.5 Å². The summed E-state index contributed by atoms with van der Waals surface area (Å²) in [5.41, 5.74) is 2.64. The highest BCUT2D eigenvalue weighted by Gasteiger charge is 2.36. The van der Waals surface area contributed by atoms with Gasteiger partial charge in [-0.05, 0) is 54.3 Å². The molecule has 0 aromatic heterocycles. The second kappa shape index (κ2) is 17.3. The Balaban J connectivity index is 1.88. The van der Waals surface area contributed by atoms with Crippen molar-refractivity contribution >= 4 is 39.1 Å². The highest BCUT2D eigenvalue weighted by Crippen LogP contribution is 2.37. The first-order valence-corrected chi connectivity index (χ1v) is 17.9. The summed E-state index contributed by atoms with van der Waals surface area (Å²) in [6.07, 6.45) is 0.200. The fourth-order valence-corrected chi connectivity index (χ4v) is 7.06. The number of benzene rings is 4. The molecule has 0 aliphatic rings. The Labute approximate surface area is 300 Å². The lowest BCUT2D eigenvalue weighted by Crippen LogP contribution is -2.53. The topological polar surface area (TPSA) is 114 Å². The molecule has 0 saturated heterocycles. The monoisotopic (exact) mass is 721 g/mol. The van der Waals surface area contributed by atoms with Crippen molar-refractivity contribution in [1.82, 2.24) is 10.2 Å². The molecule has 0 saturated carbocycles. The molecule has 0 spiro atoms. The molecule has 10 nitrogen and oxygen atoms in total. The smallest absolute Gasteiger partial charge is 0.265 e. The number of carbonyl (C=O) groups is 2. The molecule has 0 bridgehead atoms. The molecule has 0 heterocycles. The maximum absolute atomic E-state index is 14.8. The normalized spacial score (nSPS) is 11.8. The Hall–Kier alpha value is -4.74. The molecule has 4 rings (SSSR count). The number of anilines is 1. The number of hydrogen-bond acceptors (Lipinski definition) is 7. The van der Waals surface area contributed by atoms with Crippen LogP contribution in [0.1, 0.15) is 30.5 Å². The number of nitrogens with one attached hydrogen (secondary N) is 1. The fraction of sp³-hybridized carbons (Fsp3) is 0.316. The molecule has 2 amide bonds. The van der Waals surface area contributed by atoms with Crippen LogP contribution < -0.4 is 23.8 Å². The van der Waals surface area contributed by atoms with Gasteiger partial charge in [0.25, 0.3) is 10.0 Å². The average molecular weight is 722 g/mol. The third-order valence-electron chi connectivity index (χ3n) is 8.02. The number of nitrogens with zero attached hydrogens (tertiary/aromatic N) is 2. The van der Waals surface area contributed by atoms with E-state index in [1.165, 1.54) is 56.6 Å². The second-order valence-electron chi connectivity index (χ2n) is 12.2. The Morgan fingerprint density at radius 2 is 1.46 bits per heavy atom. The van der Waals surface area contributed by atoms with Gasteiger partial charge >= 0.3 is 0 Å². The minimum atomic E-state index is -4.48. The summed E-state index contributed by atoms with van der Waals surface area (Å²) < 4.78 is 46.4. The lowest BCUT2D eigenvalue weighted by molar-refractivity contribution is -0.140. The van der Waals surface area contributed by atoms with Crippen LogP contribution in [0.2, 0.25) is 5.02 Å². The molecular formula is C38H44ClN3O7S. The SMILES string of the molecule is COc1ccc(S(=O)(=O)N(CC(=O)N(Cc2cccc(C)c2)[C@@H](Cc2ccccc2)C(=O)NCC(C)C)c2cc(Cl)ccc2OC)cc1OC. The molecule has 1 N–H and O–H groups in total. The van der Waals surface area contributed by atoms with Gasteiger partial charge in [-0.1, -0.05) is 85.6 Å². The van der Waals surface area contributed by atoms with E-state index in [2.05, 4.69) is 5.32 Å². The summed E-state index contributed by atoms with van der Waals surface area (Å²) in [5, 5.41) is 3.23. The first-order valence-electron chi connectivity index (χ1n) is 16.1. The van der Waals surface area contributed by atoms with Crippen molar-refractivity contribution in [1.29, 1.82) is 0 Å². The van der Waals surface area contributed by atoms with Crippen LogP contribution in [0.25, 0.3) is 0 Å². The molecule has 50 heavy (non-hydrogen) atoms. The van der Waals surface area contributed by atoms with E-state index >= 15 is 0 Å².